The van der Waals surface area contributed by atoms with Crippen LogP contribution in [0.3, 0.4) is 0 Å². The number of aromatic nitrogens is 3. The number of alkyl halides is 3. The highest BCUT2D eigenvalue weighted by Gasteiger charge is 2.35. The molecule has 0 amide bonds. The smallest absolute Gasteiger partial charge is 0.206 e. The van der Waals surface area contributed by atoms with Gasteiger partial charge in [0, 0.05) is 10.5 Å². The molecule has 0 saturated heterocycles. The van der Waals surface area contributed by atoms with Crippen LogP contribution in [-0.4, -0.2) is 15.0 Å². The molecule has 0 aliphatic rings. The Morgan fingerprint density at radius 2 is 1.94 bits per heavy atom. The molecule has 0 radical (unpaired) electrons. The highest BCUT2D eigenvalue weighted by atomic mass is 35.5. The number of hydrogen-bond acceptors (Lipinski definition) is 3. The van der Waals surface area contributed by atoms with E-state index in [1.54, 1.807) is 0 Å². The van der Waals surface area contributed by atoms with Crippen molar-refractivity contribution in [3.05, 3.63) is 29.2 Å². The first-order valence-corrected chi connectivity index (χ1v) is 5.29. The van der Waals surface area contributed by atoms with E-state index in [-0.39, 0.29) is 20.2 Å². The van der Waals surface area contributed by atoms with Gasteiger partial charge in [-0.2, -0.15) is 4.68 Å². The Morgan fingerprint density at radius 1 is 1.28 bits per heavy atom. The molecule has 0 aliphatic carbocycles. The topological polar surface area (TPSA) is 30.7 Å². The predicted octanol–water partition coefficient (Wildman–Crippen LogP) is 3.50. The zero-order valence-electron chi connectivity index (χ0n) is 8.41. The van der Waals surface area contributed by atoms with Crippen LogP contribution in [0.25, 0.3) is 11.3 Å². The van der Waals surface area contributed by atoms with Gasteiger partial charge < -0.3 is 0 Å². The van der Waals surface area contributed by atoms with Crippen LogP contribution in [0.2, 0.25) is 5.02 Å². The summed E-state index contributed by atoms with van der Waals surface area (Å²) >= 11 is 9.52. The maximum atomic E-state index is 13.6. The van der Waals surface area contributed by atoms with Gasteiger partial charge in [-0.05, 0) is 12.1 Å². The summed E-state index contributed by atoms with van der Waals surface area (Å²) in [6.45, 7) is 0. The molecule has 3 nitrogen and oxygen atoms in total. The molecule has 0 fully saturated rings. The fraction of sp³-hybridized carbons (Fsp3) is 0.111. The van der Waals surface area contributed by atoms with E-state index in [2.05, 4.69) is 22.9 Å². The van der Waals surface area contributed by atoms with E-state index < -0.39 is 17.8 Å². The second-order valence-corrected chi connectivity index (χ2v) is 4.17. The minimum atomic E-state index is -4.78. The Labute approximate surface area is 109 Å². The van der Waals surface area contributed by atoms with E-state index in [0.717, 1.165) is 18.3 Å². The first-order valence-electron chi connectivity index (χ1n) is 4.47. The molecule has 96 valence electrons. The first kappa shape index (κ1) is 13.2. The quantitative estimate of drug-likeness (QED) is 0.645. The lowest BCUT2D eigenvalue weighted by atomic mass is 10.1. The van der Waals surface area contributed by atoms with Crippen molar-refractivity contribution < 1.29 is 17.6 Å². The summed E-state index contributed by atoms with van der Waals surface area (Å²) in [5.41, 5.74) is -0.848. The Kier molecular flexibility index (Phi) is 3.24. The molecule has 0 aliphatic heterocycles. The number of hydrogen-bond donors (Lipinski definition) is 1. The normalized spacial score (nSPS) is 11.9. The monoisotopic (exact) mass is 297 g/mol. The molecule has 1 aromatic carbocycles. The Hall–Kier alpha value is -1.28. The maximum Gasteiger partial charge on any atom is 0.506 e. The highest BCUT2D eigenvalue weighted by molar-refractivity contribution is 7.80. The van der Waals surface area contributed by atoms with Crippen LogP contribution < -0.4 is 0 Å². The van der Waals surface area contributed by atoms with Crippen LogP contribution in [-0.2, 0) is 6.30 Å². The molecule has 0 N–H and O–H groups in total. The largest absolute Gasteiger partial charge is 0.506 e. The number of nitrogens with zero attached hydrogens (tertiary/aromatic N) is 3. The lowest BCUT2D eigenvalue weighted by Gasteiger charge is -2.10. The van der Waals surface area contributed by atoms with Crippen molar-refractivity contribution in [1.29, 1.82) is 0 Å². The minimum absolute atomic E-state index is 0.00520. The van der Waals surface area contributed by atoms with Crippen molar-refractivity contribution in [3.63, 3.8) is 0 Å². The molecule has 0 saturated carbocycles. The molecule has 1 heterocycles. The van der Waals surface area contributed by atoms with Gasteiger partial charge >= 0.3 is 6.30 Å². The molecule has 0 unspecified atom stereocenters. The average molecular weight is 298 g/mol. The van der Waals surface area contributed by atoms with Gasteiger partial charge in [-0.1, -0.05) is 16.8 Å². The number of rotatable bonds is 1. The van der Waals surface area contributed by atoms with Gasteiger partial charge in [-0.25, -0.2) is 4.39 Å². The van der Waals surface area contributed by atoms with Gasteiger partial charge in [0.15, 0.2) is 0 Å². The lowest BCUT2D eigenvalue weighted by Crippen LogP contribution is -2.19. The third kappa shape index (κ3) is 2.30. The van der Waals surface area contributed by atoms with Crippen molar-refractivity contribution in [2.45, 2.75) is 11.2 Å². The molecule has 1 aromatic heterocycles. The van der Waals surface area contributed by atoms with E-state index in [9.17, 15) is 17.6 Å². The fourth-order valence-corrected chi connectivity index (χ4v) is 1.68. The number of benzene rings is 1. The van der Waals surface area contributed by atoms with E-state index >= 15 is 0 Å². The van der Waals surface area contributed by atoms with Crippen LogP contribution in [0.4, 0.5) is 17.6 Å². The summed E-state index contributed by atoms with van der Waals surface area (Å²) < 4.78 is 51.0. The Morgan fingerprint density at radius 3 is 2.56 bits per heavy atom. The van der Waals surface area contributed by atoms with Gasteiger partial charge in [0.2, 0.25) is 0 Å². The molecule has 0 bridgehead atoms. The predicted molar refractivity (Wildman–Crippen MR) is 59.0 cm³/mol. The van der Waals surface area contributed by atoms with Crippen molar-refractivity contribution in [3.8, 4) is 11.3 Å². The first-order chi connectivity index (χ1) is 8.30. The van der Waals surface area contributed by atoms with E-state index in [1.807, 2.05) is 0 Å². The molecule has 2 rings (SSSR count). The van der Waals surface area contributed by atoms with Crippen LogP contribution in [0.15, 0.2) is 23.2 Å². The highest BCUT2D eigenvalue weighted by Crippen LogP contribution is 2.33. The second kappa shape index (κ2) is 4.43. The van der Waals surface area contributed by atoms with E-state index in [0.29, 0.717) is 0 Å². The number of thiol groups is 1. The Bertz CT molecular complexity index is 596. The van der Waals surface area contributed by atoms with Crippen LogP contribution >= 0.6 is 24.2 Å². The van der Waals surface area contributed by atoms with E-state index in [1.165, 1.54) is 0 Å². The molecule has 0 atom stereocenters. The SMILES string of the molecule is Fc1cc(Cl)c(S)cc1-c1cnnn1C(F)(F)F. The van der Waals surface area contributed by atoms with Crippen molar-refractivity contribution in [2.75, 3.05) is 0 Å². The standard InChI is InChI=1S/C9H4ClF4N3S/c10-5-2-6(11)4(1-8(5)18)7-3-15-16-17(7)9(12,13)14/h1-3,18H. The molecule has 0 spiro atoms. The van der Waals surface area contributed by atoms with Gasteiger partial charge in [0.25, 0.3) is 0 Å². The third-order valence-electron chi connectivity index (χ3n) is 2.10. The van der Waals surface area contributed by atoms with E-state index in [4.69, 9.17) is 11.6 Å². The fourth-order valence-electron chi connectivity index (χ4n) is 1.34. The van der Waals surface area contributed by atoms with Crippen molar-refractivity contribution in [2.24, 2.45) is 0 Å². The van der Waals surface area contributed by atoms with Crippen LogP contribution in [0.1, 0.15) is 0 Å². The van der Waals surface area contributed by atoms with Crippen LogP contribution in [0, 0.1) is 5.82 Å². The lowest BCUT2D eigenvalue weighted by molar-refractivity contribution is -0.211. The summed E-state index contributed by atoms with van der Waals surface area (Å²) in [5.74, 6) is -0.911. The summed E-state index contributed by atoms with van der Waals surface area (Å²) in [6, 6.07) is 1.97. The van der Waals surface area contributed by atoms with Crippen molar-refractivity contribution >= 4 is 24.2 Å². The summed E-state index contributed by atoms with van der Waals surface area (Å²) in [6.07, 6.45) is -3.97. The Balaban J connectivity index is 2.64. The minimum Gasteiger partial charge on any atom is -0.206 e. The summed E-state index contributed by atoms with van der Waals surface area (Å²) in [7, 11) is 0. The summed E-state index contributed by atoms with van der Waals surface area (Å²) in [5, 5.41) is 6.01. The van der Waals surface area contributed by atoms with Crippen LogP contribution in [0.5, 0.6) is 0 Å². The zero-order chi connectivity index (χ0) is 13.5. The molecule has 9 heteroatoms. The van der Waals surface area contributed by atoms with Gasteiger partial charge in [-0.15, -0.1) is 30.9 Å². The van der Waals surface area contributed by atoms with Gasteiger partial charge in [0.05, 0.1) is 11.2 Å². The second-order valence-electron chi connectivity index (χ2n) is 3.28. The molecule has 2 aromatic rings. The van der Waals surface area contributed by atoms with Gasteiger partial charge in [0.1, 0.15) is 11.5 Å². The molecule has 18 heavy (non-hydrogen) atoms. The molecular weight excluding hydrogens is 294 g/mol. The maximum absolute atomic E-state index is 13.6. The van der Waals surface area contributed by atoms with Gasteiger partial charge in [-0.3, -0.25) is 0 Å². The summed E-state index contributed by atoms with van der Waals surface area (Å²) in [4.78, 5) is 0.156. The zero-order valence-corrected chi connectivity index (χ0v) is 10.1. The van der Waals surface area contributed by atoms with Crippen molar-refractivity contribution in [1.82, 2.24) is 15.0 Å². The third-order valence-corrected chi connectivity index (χ3v) is 2.92. The molecular formula is C9H4ClF4N3S. The number of halogens is 5. The average Bonchev–Trinajstić information content (AvgIpc) is 2.71.